The van der Waals surface area contributed by atoms with E-state index in [-0.39, 0.29) is 5.91 Å². The Labute approximate surface area is 113 Å². The number of aryl methyl sites for hydroxylation is 2. The average molecular weight is 270 g/mol. The van der Waals surface area contributed by atoms with E-state index in [1.807, 2.05) is 26.0 Å². The lowest BCUT2D eigenvalue weighted by atomic mass is 10.1. The lowest BCUT2D eigenvalue weighted by Gasteiger charge is -2.09. The number of ether oxygens (including phenoxy) is 1. The Balaban J connectivity index is 2.23. The van der Waals surface area contributed by atoms with Crippen LogP contribution in [0.25, 0.3) is 0 Å². The highest BCUT2D eigenvalue weighted by molar-refractivity contribution is 6.17. The van der Waals surface area contributed by atoms with Gasteiger partial charge in [-0.05, 0) is 43.5 Å². The van der Waals surface area contributed by atoms with E-state index in [4.69, 9.17) is 16.3 Å². The molecule has 0 heterocycles. The van der Waals surface area contributed by atoms with E-state index in [9.17, 15) is 4.79 Å². The molecule has 1 rings (SSSR count). The Bertz CT molecular complexity index is 373. The molecule has 0 saturated carbocycles. The largest absolute Gasteiger partial charge is 0.492 e. The molecule has 0 bridgehead atoms. The number of amides is 1. The van der Waals surface area contributed by atoms with E-state index in [2.05, 4.69) is 11.4 Å². The van der Waals surface area contributed by atoms with Gasteiger partial charge in [0.2, 0.25) is 5.91 Å². The fourth-order valence-electron chi connectivity index (χ4n) is 1.69. The molecule has 0 fully saturated rings. The smallest absolute Gasteiger partial charge is 0.220 e. The molecular formula is C14H20ClNO2. The third-order valence-corrected chi connectivity index (χ3v) is 2.69. The van der Waals surface area contributed by atoms with Crippen molar-refractivity contribution in [3.63, 3.8) is 0 Å². The van der Waals surface area contributed by atoms with Crippen LogP contribution in [-0.4, -0.2) is 24.9 Å². The van der Waals surface area contributed by atoms with Crippen molar-refractivity contribution in [2.75, 3.05) is 19.0 Å². The van der Waals surface area contributed by atoms with Gasteiger partial charge < -0.3 is 10.1 Å². The van der Waals surface area contributed by atoms with E-state index < -0.39 is 0 Å². The van der Waals surface area contributed by atoms with E-state index in [0.29, 0.717) is 31.9 Å². The van der Waals surface area contributed by atoms with Crippen molar-refractivity contribution in [3.05, 3.63) is 29.3 Å². The van der Waals surface area contributed by atoms with Crippen molar-refractivity contribution in [1.82, 2.24) is 5.32 Å². The molecule has 18 heavy (non-hydrogen) atoms. The minimum atomic E-state index is 0.0275. The summed E-state index contributed by atoms with van der Waals surface area (Å²) in [6, 6.07) is 6.07. The van der Waals surface area contributed by atoms with E-state index in [1.54, 1.807) is 0 Å². The molecule has 1 aromatic carbocycles. The lowest BCUT2D eigenvalue weighted by molar-refractivity contribution is -0.121. The predicted octanol–water partition coefficient (Wildman–Crippen LogP) is 2.82. The maximum absolute atomic E-state index is 11.3. The summed E-state index contributed by atoms with van der Waals surface area (Å²) in [4.78, 5) is 11.3. The Kier molecular flexibility index (Phi) is 6.58. The van der Waals surface area contributed by atoms with Gasteiger partial charge in [-0.1, -0.05) is 6.07 Å². The summed E-state index contributed by atoms with van der Waals surface area (Å²) in [5.41, 5.74) is 2.35. The molecule has 1 aromatic rings. The van der Waals surface area contributed by atoms with Gasteiger partial charge in [0, 0.05) is 12.3 Å². The molecule has 3 nitrogen and oxygen atoms in total. The SMILES string of the molecule is Cc1cc(C)cc(OCCNC(=O)CCCCl)c1. The molecule has 0 aromatic heterocycles. The van der Waals surface area contributed by atoms with Crippen LogP contribution in [0.5, 0.6) is 5.75 Å². The van der Waals surface area contributed by atoms with Crippen LogP contribution in [0.3, 0.4) is 0 Å². The van der Waals surface area contributed by atoms with Crippen LogP contribution in [-0.2, 0) is 4.79 Å². The van der Waals surface area contributed by atoms with Crippen molar-refractivity contribution in [2.45, 2.75) is 26.7 Å². The summed E-state index contributed by atoms with van der Waals surface area (Å²) < 4.78 is 5.58. The number of rotatable bonds is 7. The van der Waals surface area contributed by atoms with Crippen molar-refractivity contribution >= 4 is 17.5 Å². The van der Waals surface area contributed by atoms with Gasteiger partial charge in [0.1, 0.15) is 12.4 Å². The Morgan fingerprint density at radius 3 is 2.56 bits per heavy atom. The Morgan fingerprint density at radius 1 is 1.28 bits per heavy atom. The first-order valence-electron chi connectivity index (χ1n) is 6.15. The molecule has 0 saturated heterocycles. The Morgan fingerprint density at radius 2 is 1.94 bits per heavy atom. The first-order valence-corrected chi connectivity index (χ1v) is 6.69. The highest BCUT2D eigenvalue weighted by atomic mass is 35.5. The molecular weight excluding hydrogens is 250 g/mol. The molecule has 0 aliphatic rings. The second kappa shape index (κ2) is 7.98. The molecule has 100 valence electrons. The third-order valence-electron chi connectivity index (χ3n) is 2.43. The number of nitrogens with one attached hydrogen (secondary N) is 1. The lowest BCUT2D eigenvalue weighted by Crippen LogP contribution is -2.27. The molecule has 1 N–H and O–H groups in total. The second-order valence-electron chi connectivity index (χ2n) is 4.31. The van der Waals surface area contributed by atoms with Crippen LogP contribution in [0.2, 0.25) is 0 Å². The number of carbonyl (C=O) groups excluding carboxylic acids is 1. The van der Waals surface area contributed by atoms with Crippen LogP contribution in [0.4, 0.5) is 0 Å². The molecule has 0 atom stereocenters. The number of hydrogen-bond donors (Lipinski definition) is 1. The summed E-state index contributed by atoms with van der Waals surface area (Å²) in [7, 11) is 0. The van der Waals surface area contributed by atoms with Crippen LogP contribution < -0.4 is 10.1 Å². The molecule has 0 radical (unpaired) electrons. The number of halogens is 1. The maximum atomic E-state index is 11.3. The summed E-state index contributed by atoms with van der Waals surface area (Å²) in [5.74, 6) is 1.40. The number of hydrogen-bond acceptors (Lipinski definition) is 2. The van der Waals surface area contributed by atoms with Gasteiger partial charge in [0.15, 0.2) is 0 Å². The monoisotopic (exact) mass is 269 g/mol. The van der Waals surface area contributed by atoms with Gasteiger partial charge >= 0.3 is 0 Å². The van der Waals surface area contributed by atoms with E-state index >= 15 is 0 Å². The molecule has 0 aliphatic heterocycles. The van der Waals surface area contributed by atoms with Crippen molar-refractivity contribution in [1.29, 1.82) is 0 Å². The van der Waals surface area contributed by atoms with Gasteiger partial charge in [-0.2, -0.15) is 0 Å². The van der Waals surface area contributed by atoms with Gasteiger partial charge in [-0.3, -0.25) is 4.79 Å². The van der Waals surface area contributed by atoms with Gasteiger partial charge in [-0.15, -0.1) is 11.6 Å². The van der Waals surface area contributed by atoms with Crippen molar-refractivity contribution < 1.29 is 9.53 Å². The quantitative estimate of drug-likeness (QED) is 0.611. The molecule has 0 spiro atoms. The molecule has 1 amide bonds. The zero-order chi connectivity index (χ0) is 13.4. The van der Waals surface area contributed by atoms with Crippen LogP contribution in [0.1, 0.15) is 24.0 Å². The average Bonchev–Trinajstić information content (AvgIpc) is 2.31. The molecule has 0 unspecified atom stereocenters. The first kappa shape index (κ1) is 14.8. The van der Waals surface area contributed by atoms with E-state index in [0.717, 1.165) is 5.75 Å². The molecule has 0 aliphatic carbocycles. The van der Waals surface area contributed by atoms with Gasteiger partial charge in [0.05, 0.1) is 6.54 Å². The zero-order valence-corrected chi connectivity index (χ0v) is 11.7. The predicted molar refractivity (Wildman–Crippen MR) is 74.4 cm³/mol. The first-order chi connectivity index (χ1) is 8.61. The van der Waals surface area contributed by atoms with Crippen LogP contribution >= 0.6 is 11.6 Å². The summed E-state index contributed by atoms with van der Waals surface area (Å²) in [5, 5.41) is 2.79. The van der Waals surface area contributed by atoms with Gasteiger partial charge in [-0.25, -0.2) is 0 Å². The number of carbonyl (C=O) groups is 1. The highest BCUT2D eigenvalue weighted by Crippen LogP contribution is 2.15. The fraction of sp³-hybridized carbons (Fsp3) is 0.500. The summed E-state index contributed by atoms with van der Waals surface area (Å²) in [6.07, 6.45) is 1.19. The Hall–Kier alpha value is -1.22. The van der Waals surface area contributed by atoms with Gasteiger partial charge in [0.25, 0.3) is 0 Å². The van der Waals surface area contributed by atoms with Crippen molar-refractivity contribution in [2.24, 2.45) is 0 Å². The van der Waals surface area contributed by atoms with E-state index in [1.165, 1.54) is 11.1 Å². The number of alkyl halides is 1. The zero-order valence-electron chi connectivity index (χ0n) is 11.0. The number of benzene rings is 1. The normalized spacial score (nSPS) is 10.2. The minimum absolute atomic E-state index is 0.0275. The third kappa shape index (κ3) is 5.92. The topological polar surface area (TPSA) is 38.3 Å². The van der Waals surface area contributed by atoms with Crippen LogP contribution in [0, 0.1) is 13.8 Å². The van der Waals surface area contributed by atoms with Crippen LogP contribution in [0.15, 0.2) is 18.2 Å². The minimum Gasteiger partial charge on any atom is -0.492 e. The fourth-order valence-corrected chi connectivity index (χ4v) is 1.82. The molecule has 4 heteroatoms. The summed E-state index contributed by atoms with van der Waals surface area (Å²) in [6.45, 7) is 5.07. The standard InChI is InChI=1S/C14H20ClNO2/c1-11-8-12(2)10-13(9-11)18-7-6-16-14(17)4-3-5-15/h8-10H,3-7H2,1-2H3,(H,16,17). The van der Waals surface area contributed by atoms with Crippen molar-refractivity contribution in [3.8, 4) is 5.75 Å². The summed E-state index contributed by atoms with van der Waals surface area (Å²) >= 11 is 5.51. The second-order valence-corrected chi connectivity index (χ2v) is 4.69. The maximum Gasteiger partial charge on any atom is 0.220 e. The highest BCUT2D eigenvalue weighted by Gasteiger charge is 2.00.